The van der Waals surface area contributed by atoms with E-state index in [4.69, 9.17) is 9.84 Å². The smallest absolute Gasteiger partial charge is 0.257 e. The number of rotatable bonds is 5. The van der Waals surface area contributed by atoms with Gasteiger partial charge < -0.3 is 4.74 Å². The Morgan fingerprint density at radius 2 is 1.81 bits per heavy atom. The second kappa shape index (κ2) is 9.23. The fraction of sp³-hybridized carbons (Fsp3) is 0.462. The van der Waals surface area contributed by atoms with E-state index in [9.17, 15) is 4.79 Å². The van der Waals surface area contributed by atoms with E-state index in [1.165, 1.54) is 16.7 Å². The van der Waals surface area contributed by atoms with E-state index in [2.05, 4.69) is 43.9 Å². The van der Waals surface area contributed by atoms with Gasteiger partial charge in [-0.15, -0.1) is 0 Å². The maximum absolute atomic E-state index is 13.4. The van der Waals surface area contributed by atoms with Crippen LogP contribution in [0.1, 0.15) is 54.5 Å². The number of hydrogen-bond acceptors (Lipinski definition) is 4. The molecule has 1 fully saturated rings. The first-order valence-electron chi connectivity index (χ1n) is 11.3. The van der Waals surface area contributed by atoms with Crippen LogP contribution < -0.4 is 4.74 Å². The van der Waals surface area contributed by atoms with Crippen LogP contribution in [0, 0.1) is 19.8 Å². The lowest BCUT2D eigenvalue weighted by molar-refractivity contribution is -0.134. The Labute approximate surface area is 185 Å². The van der Waals surface area contributed by atoms with Gasteiger partial charge in [-0.1, -0.05) is 30.7 Å². The Morgan fingerprint density at radius 3 is 2.45 bits per heavy atom. The zero-order valence-electron chi connectivity index (χ0n) is 19.1. The molecule has 1 amide bonds. The van der Waals surface area contributed by atoms with Gasteiger partial charge in [0.15, 0.2) is 0 Å². The number of piperidine rings is 1. The molecule has 31 heavy (non-hydrogen) atoms. The number of nitrogens with zero attached hydrogens (tertiary/aromatic N) is 3. The minimum atomic E-state index is -0.0612. The molecule has 2 aliphatic rings. The first-order chi connectivity index (χ1) is 14.9. The third-order valence-corrected chi connectivity index (χ3v) is 6.61. The summed E-state index contributed by atoms with van der Waals surface area (Å²) in [5.74, 6) is 1.66. The quantitative estimate of drug-likeness (QED) is 0.704. The predicted molar refractivity (Wildman–Crippen MR) is 124 cm³/mol. The predicted octanol–water partition coefficient (Wildman–Crippen LogP) is 4.72. The molecule has 0 aliphatic carbocycles. The van der Waals surface area contributed by atoms with E-state index in [0.29, 0.717) is 6.54 Å². The molecule has 0 bridgehead atoms. The molecule has 164 valence electrons. The van der Waals surface area contributed by atoms with Crippen LogP contribution in [-0.4, -0.2) is 48.3 Å². The summed E-state index contributed by atoms with van der Waals surface area (Å²) < 4.78 is 5.29. The molecular formula is C26H33N3O2. The number of carbonyl (C=O) groups is 1. The average Bonchev–Trinajstić information content (AvgIpc) is 3.21. The molecule has 1 unspecified atom stereocenters. The Kier molecular flexibility index (Phi) is 6.42. The van der Waals surface area contributed by atoms with E-state index in [0.717, 1.165) is 55.3 Å². The highest BCUT2D eigenvalue weighted by molar-refractivity contribution is 6.03. The van der Waals surface area contributed by atoms with Crippen molar-refractivity contribution in [3.8, 4) is 5.75 Å². The fourth-order valence-electron chi connectivity index (χ4n) is 4.62. The van der Waals surface area contributed by atoms with Crippen LogP contribution in [-0.2, 0) is 4.79 Å². The topological polar surface area (TPSA) is 45.1 Å². The summed E-state index contributed by atoms with van der Waals surface area (Å²) in [5.41, 5.74) is 5.61. The molecule has 5 heteroatoms. The summed E-state index contributed by atoms with van der Waals surface area (Å²) in [5, 5.41) is 6.59. The molecule has 2 aliphatic heterocycles. The summed E-state index contributed by atoms with van der Waals surface area (Å²) in [6.45, 7) is 8.94. The second-order valence-corrected chi connectivity index (χ2v) is 9.05. The van der Waals surface area contributed by atoms with Gasteiger partial charge in [-0.05, 0) is 86.7 Å². The largest absolute Gasteiger partial charge is 0.497 e. The number of likely N-dealkylation sites (tertiary alicyclic amines) is 1. The van der Waals surface area contributed by atoms with Crippen molar-refractivity contribution in [2.24, 2.45) is 11.0 Å². The van der Waals surface area contributed by atoms with E-state index in [1.807, 2.05) is 24.3 Å². The minimum absolute atomic E-state index is 0.0612. The normalized spacial score (nSPS) is 20.1. The first-order valence-corrected chi connectivity index (χ1v) is 11.3. The van der Waals surface area contributed by atoms with Crippen LogP contribution >= 0.6 is 0 Å². The molecule has 2 aromatic rings. The van der Waals surface area contributed by atoms with Crippen molar-refractivity contribution in [2.75, 3.05) is 26.7 Å². The monoisotopic (exact) mass is 419 g/mol. The first kappa shape index (κ1) is 21.6. The summed E-state index contributed by atoms with van der Waals surface area (Å²) in [7, 11) is 1.67. The van der Waals surface area contributed by atoms with Crippen molar-refractivity contribution in [1.82, 2.24) is 9.91 Å². The molecule has 5 nitrogen and oxygen atoms in total. The van der Waals surface area contributed by atoms with Gasteiger partial charge >= 0.3 is 0 Å². The Balaban J connectivity index is 1.60. The average molecular weight is 420 g/mol. The number of amides is 1. The van der Waals surface area contributed by atoms with Crippen molar-refractivity contribution in [3.63, 3.8) is 0 Å². The number of carbonyl (C=O) groups excluding carboxylic acids is 1. The molecule has 0 saturated carbocycles. The number of hydrazone groups is 1. The van der Waals surface area contributed by atoms with Gasteiger partial charge in [-0.2, -0.15) is 5.10 Å². The molecule has 0 N–H and O–H groups in total. The van der Waals surface area contributed by atoms with Gasteiger partial charge in [-0.25, -0.2) is 5.01 Å². The highest BCUT2D eigenvalue weighted by Crippen LogP contribution is 2.35. The SMILES string of the molecule is COc1ccc(C2=NN(C(=O)CN3CCC(C)CC3)C(c3ccc(C)cc3C)C2)cc1. The van der Waals surface area contributed by atoms with Crippen LogP contribution in [0.4, 0.5) is 0 Å². The molecule has 0 aromatic heterocycles. The van der Waals surface area contributed by atoms with Crippen LogP contribution in [0.5, 0.6) is 5.75 Å². The van der Waals surface area contributed by atoms with Gasteiger partial charge in [0.2, 0.25) is 0 Å². The van der Waals surface area contributed by atoms with Gasteiger partial charge in [0, 0.05) is 6.42 Å². The number of ether oxygens (including phenoxy) is 1. The van der Waals surface area contributed by atoms with Gasteiger partial charge in [0.1, 0.15) is 5.75 Å². The van der Waals surface area contributed by atoms with Crippen molar-refractivity contribution in [1.29, 1.82) is 0 Å². The standard InChI is InChI=1S/C26H33N3O2/c1-18-11-13-28(14-12-18)17-26(30)29-25(23-10-5-19(2)15-20(23)3)16-24(27-29)21-6-8-22(31-4)9-7-21/h5-10,15,18,25H,11-14,16-17H2,1-4H3. The van der Waals surface area contributed by atoms with Crippen molar-refractivity contribution in [2.45, 2.75) is 46.1 Å². The van der Waals surface area contributed by atoms with Gasteiger partial charge in [-0.3, -0.25) is 9.69 Å². The molecule has 1 saturated heterocycles. The van der Waals surface area contributed by atoms with E-state index < -0.39 is 0 Å². The maximum Gasteiger partial charge on any atom is 0.257 e. The van der Waals surface area contributed by atoms with E-state index in [1.54, 1.807) is 12.1 Å². The summed E-state index contributed by atoms with van der Waals surface area (Å²) in [6, 6.07) is 14.4. The third-order valence-electron chi connectivity index (χ3n) is 6.61. The molecule has 1 atom stereocenters. The number of benzene rings is 2. The fourth-order valence-corrected chi connectivity index (χ4v) is 4.62. The maximum atomic E-state index is 13.4. The second-order valence-electron chi connectivity index (χ2n) is 9.05. The number of hydrogen-bond donors (Lipinski definition) is 0. The Morgan fingerprint density at radius 1 is 1.10 bits per heavy atom. The third kappa shape index (κ3) is 4.82. The Bertz CT molecular complexity index is 959. The molecule has 0 radical (unpaired) electrons. The lowest BCUT2D eigenvalue weighted by Gasteiger charge is -2.31. The van der Waals surface area contributed by atoms with Crippen molar-refractivity contribution in [3.05, 3.63) is 64.7 Å². The highest BCUT2D eigenvalue weighted by atomic mass is 16.5. The summed E-state index contributed by atoms with van der Waals surface area (Å²) >= 11 is 0. The van der Waals surface area contributed by atoms with Crippen molar-refractivity contribution >= 4 is 11.6 Å². The van der Waals surface area contributed by atoms with Crippen molar-refractivity contribution < 1.29 is 9.53 Å². The molecular weight excluding hydrogens is 386 g/mol. The molecule has 2 heterocycles. The Hall–Kier alpha value is -2.66. The van der Waals surface area contributed by atoms with Crippen LogP contribution in [0.15, 0.2) is 47.6 Å². The summed E-state index contributed by atoms with van der Waals surface area (Å²) in [6.07, 6.45) is 3.04. The van der Waals surface area contributed by atoms with Crippen LogP contribution in [0.25, 0.3) is 0 Å². The molecule has 4 rings (SSSR count). The van der Waals surface area contributed by atoms with Crippen LogP contribution in [0.2, 0.25) is 0 Å². The van der Waals surface area contributed by atoms with Crippen LogP contribution in [0.3, 0.4) is 0 Å². The lowest BCUT2D eigenvalue weighted by atomic mass is 9.94. The zero-order valence-corrected chi connectivity index (χ0v) is 19.1. The minimum Gasteiger partial charge on any atom is -0.497 e. The highest BCUT2D eigenvalue weighted by Gasteiger charge is 2.34. The summed E-state index contributed by atoms with van der Waals surface area (Å²) in [4.78, 5) is 15.7. The van der Waals surface area contributed by atoms with Gasteiger partial charge in [0.05, 0.1) is 25.4 Å². The number of methoxy groups -OCH3 is 1. The van der Waals surface area contributed by atoms with E-state index >= 15 is 0 Å². The zero-order chi connectivity index (χ0) is 22.0. The van der Waals surface area contributed by atoms with E-state index in [-0.39, 0.29) is 11.9 Å². The van der Waals surface area contributed by atoms with Gasteiger partial charge in [0.25, 0.3) is 5.91 Å². The molecule has 0 spiro atoms. The lowest BCUT2D eigenvalue weighted by Crippen LogP contribution is -2.41. The molecule has 2 aromatic carbocycles. The number of aryl methyl sites for hydroxylation is 2.